The molecule has 0 atom stereocenters. The number of benzene rings is 3. The second-order valence-electron chi connectivity index (χ2n) is 7.29. The van der Waals surface area contributed by atoms with E-state index in [9.17, 15) is 5.11 Å². The molecule has 0 amide bonds. The lowest BCUT2D eigenvalue weighted by Crippen LogP contribution is -2.39. The van der Waals surface area contributed by atoms with Crippen molar-refractivity contribution in [3.63, 3.8) is 0 Å². The number of rotatable bonds is 4. The van der Waals surface area contributed by atoms with Crippen molar-refractivity contribution in [3.05, 3.63) is 119 Å². The van der Waals surface area contributed by atoms with Gasteiger partial charge in [-0.3, -0.25) is 4.90 Å². The summed E-state index contributed by atoms with van der Waals surface area (Å²) >= 11 is 0. The average molecular weight is 367 g/mol. The molecule has 0 saturated carbocycles. The molecule has 0 aliphatic carbocycles. The quantitative estimate of drug-likeness (QED) is 0.699. The van der Waals surface area contributed by atoms with Crippen LogP contribution in [0.2, 0.25) is 0 Å². The smallest absolute Gasteiger partial charge is 0.0992 e. The van der Waals surface area contributed by atoms with Crippen LogP contribution in [0.5, 0.6) is 0 Å². The maximum atomic E-state index is 11.1. The lowest BCUT2D eigenvalue weighted by molar-refractivity contribution is 0.180. The molecule has 0 unspecified atom stereocenters. The molecule has 1 saturated heterocycles. The zero-order valence-electron chi connectivity index (χ0n) is 15.9. The van der Waals surface area contributed by atoms with E-state index in [1.807, 2.05) is 42.5 Å². The number of nitrogens with zero attached hydrogens (tertiary/aromatic N) is 1. The molecule has 1 aliphatic rings. The molecule has 0 bridgehead atoms. The van der Waals surface area contributed by atoms with E-state index < -0.39 is 6.10 Å². The molecule has 2 nitrogen and oxygen atoms in total. The molecule has 4 rings (SSSR count). The maximum absolute atomic E-state index is 11.1. The molecule has 3 aromatic rings. The van der Waals surface area contributed by atoms with Crippen molar-refractivity contribution in [2.24, 2.45) is 0 Å². The van der Waals surface area contributed by atoms with Crippen molar-refractivity contribution >= 4 is 12.2 Å². The Morgan fingerprint density at radius 2 is 1.11 bits per heavy atom. The Balaban J connectivity index is 1.65. The van der Waals surface area contributed by atoms with E-state index in [0.29, 0.717) is 0 Å². The zero-order valence-corrected chi connectivity index (χ0v) is 15.9. The minimum Gasteiger partial charge on any atom is -0.384 e. The molecule has 0 spiro atoms. The van der Waals surface area contributed by atoms with Crippen molar-refractivity contribution in [3.8, 4) is 0 Å². The number of aliphatic hydroxyl groups is 1. The predicted molar refractivity (Wildman–Crippen MR) is 117 cm³/mol. The number of piperidine rings is 1. The fourth-order valence-electron chi connectivity index (χ4n) is 3.71. The van der Waals surface area contributed by atoms with Crippen LogP contribution in [0.1, 0.15) is 16.7 Å². The Labute approximate surface area is 167 Å². The van der Waals surface area contributed by atoms with Crippen molar-refractivity contribution in [2.75, 3.05) is 13.1 Å². The van der Waals surface area contributed by atoms with E-state index in [-0.39, 0.29) is 0 Å². The molecule has 0 aromatic heterocycles. The molecule has 1 fully saturated rings. The molecule has 28 heavy (non-hydrogen) atoms. The van der Waals surface area contributed by atoms with Gasteiger partial charge in [-0.25, -0.2) is 0 Å². The van der Waals surface area contributed by atoms with Gasteiger partial charge in [-0.1, -0.05) is 103 Å². The molecule has 0 radical (unpaired) electrons. The van der Waals surface area contributed by atoms with Crippen LogP contribution in [0.15, 0.2) is 102 Å². The lowest BCUT2D eigenvalue weighted by Gasteiger charge is -2.34. The van der Waals surface area contributed by atoms with Gasteiger partial charge in [-0.2, -0.15) is 0 Å². The first-order valence-corrected chi connectivity index (χ1v) is 9.73. The summed E-state index contributed by atoms with van der Waals surface area (Å²) in [4.78, 5) is 2.39. The second kappa shape index (κ2) is 8.83. The number of likely N-dealkylation sites (tertiary alicyclic amines) is 1. The normalized spacial score (nSPS) is 20.5. The van der Waals surface area contributed by atoms with Crippen LogP contribution in [0.4, 0.5) is 0 Å². The summed E-state index contributed by atoms with van der Waals surface area (Å²) in [5, 5.41) is 11.1. The number of hydrogen-bond donors (Lipinski definition) is 1. The summed E-state index contributed by atoms with van der Waals surface area (Å²) in [7, 11) is 0. The van der Waals surface area contributed by atoms with Crippen LogP contribution >= 0.6 is 0 Å². The van der Waals surface area contributed by atoms with E-state index in [2.05, 4.69) is 65.6 Å². The minimum atomic E-state index is -0.549. The summed E-state index contributed by atoms with van der Waals surface area (Å²) in [6.45, 7) is 2.39. The Kier molecular flexibility index (Phi) is 5.81. The summed E-state index contributed by atoms with van der Waals surface area (Å²) in [6, 6.07) is 31.0. The monoisotopic (exact) mass is 367 g/mol. The molecule has 1 N–H and O–H groups in total. The van der Waals surface area contributed by atoms with Gasteiger partial charge in [0.15, 0.2) is 0 Å². The van der Waals surface area contributed by atoms with Gasteiger partial charge in [0.25, 0.3) is 0 Å². The summed E-state index contributed by atoms with van der Waals surface area (Å²) in [5.41, 5.74) is 5.61. The molecular formula is C26H25NO. The highest BCUT2D eigenvalue weighted by molar-refractivity contribution is 5.61. The third-order valence-electron chi connectivity index (χ3n) is 5.07. The predicted octanol–water partition coefficient (Wildman–Crippen LogP) is 5.03. The number of hydrogen-bond acceptors (Lipinski definition) is 2. The first-order valence-electron chi connectivity index (χ1n) is 9.73. The maximum Gasteiger partial charge on any atom is 0.0992 e. The molecule has 2 heteroatoms. The van der Waals surface area contributed by atoms with E-state index >= 15 is 0 Å². The van der Waals surface area contributed by atoms with Gasteiger partial charge in [0.05, 0.1) is 6.10 Å². The molecule has 1 aliphatic heterocycles. The van der Waals surface area contributed by atoms with Gasteiger partial charge in [-0.15, -0.1) is 0 Å². The summed E-state index contributed by atoms with van der Waals surface area (Å²) < 4.78 is 0. The first kappa shape index (κ1) is 18.4. The van der Waals surface area contributed by atoms with Crippen LogP contribution in [0.3, 0.4) is 0 Å². The van der Waals surface area contributed by atoms with E-state index in [4.69, 9.17) is 0 Å². The van der Waals surface area contributed by atoms with Crippen LogP contribution < -0.4 is 0 Å². The minimum absolute atomic E-state index is 0.549. The fourth-order valence-corrected chi connectivity index (χ4v) is 3.71. The highest BCUT2D eigenvalue weighted by Crippen LogP contribution is 2.26. The molecule has 1 heterocycles. The second-order valence-corrected chi connectivity index (χ2v) is 7.29. The van der Waals surface area contributed by atoms with Crippen molar-refractivity contribution < 1.29 is 5.11 Å². The van der Waals surface area contributed by atoms with Gasteiger partial charge in [0, 0.05) is 19.6 Å². The highest BCUT2D eigenvalue weighted by Gasteiger charge is 2.26. The Morgan fingerprint density at radius 3 is 1.57 bits per heavy atom. The summed E-state index contributed by atoms with van der Waals surface area (Å²) in [6.07, 6.45) is 3.70. The molecule has 140 valence electrons. The SMILES string of the molecule is OC1C(=Cc2ccccc2)CN(Cc2ccccc2)CC1=Cc1ccccc1. The van der Waals surface area contributed by atoms with Gasteiger partial charge in [0.1, 0.15) is 0 Å². The third-order valence-corrected chi connectivity index (χ3v) is 5.07. The zero-order chi connectivity index (χ0) is 19.2. The lowest BCUT2D eigenvalue weighted by atomic mass is 9.92. The van der Waals surface area contributed by atoms with Crippen molar-refractivity contribution in [1.29, 1.82) is 0 Å². The Bertz CT molecular complexity index is 886. The Morgan fingerprint density at radius 1 is 0.679 bits per heavy atom. The largest absolute Gasteiger partial charge is 0.384 e. The van der Waals surface area contributed by atoms with E-state index in [0.717, 1.165) is 41.9 Å². The van der Waals surface area contributed by atoms with Crippen molar-refractivity contribution in [1.82, 2.24) is 4.90 Å². The molecule has 3 aromatic carbocycles. The van der Waals surface area contributed by atoms with Crippen LogP contribution in [0.25, 0.3) is 12.2 Å². The van der Waals surface area contributed by atoms with Crippen LogP contribution in [0, 0.1) is 0 Å². The summed E-state index contributed by atoms with van der Waals surface area (Å²) in [5.74, 6) is 0. The van der Waals surface area contributed by atoms with Crippen LogP contribution in [-0.4, -0.2) is 29.2 Å². The number of aliphatic hydroxyl groups excluding tert-OH is 1. The van der Waals surface area contributed by atoms with Gasteiger partial charge < -0.3 is 5.11 Å². The van der Waals surface area contributed by atoms with E-state index in [1.54, 1.807) is 0 Å². The van der Waals surface area contributed by atoms with Gasteiger partial charge >= 0.3 is 0 Å². The standard InChI is InChI=1S/C26H25NO/c28-26-24(16-21-10-4-1-5-11-21)19-27(18-23-14-8-3-9-15-23)20-25(26)17-22-12-6-2-7-13-22/h1-17,26,28H,18-20H2. The highest BCUT2D eigenvalue weighted by atomic mass is 16.3. The van der Waals surface area contributed by atoms with Gasteiger partial charge in [-0.05, 0) is 27.8 Å². The molecular weight excluding hydrogens is 342 g/mol. The van der Waals surface area contributed by atoms with Gasteiger partial charge in [0.2, 0.25) is 0 Å². The Hall–Kier alpha value is -2.94. The van der Waals surface area contributed by atoms with Crippen molar-refractivity contribution in [2.45, 2.75) is 12.6 Å². The topological polar surface area (TPSA) is 23.5 Å². The van der Waals surface area contributed by atoms with Crippen LogP contribution in [-0.2, 0) is 6.54 Å². The average Bonchev–Trinajstić information content (AvgIpc) is 2.74. The first-order chi connectivity index (χ1) is 13.8. The van der Waals surface area contributed by atoms with E-state index in [1.165, 1.54) is 5.56 Å². The third kappa shape index (κ3) is 4.66. The fraction of sp³-hybridized carbons (Fsp3) is 0.154.